The van der Waals surface area contributed by atoms with Gasteiger partial charge in [-0.25, -0.2) is 9.97 Å². The van der Waals surface area contributed by atoms with E-state index in [9.17, 15) is 5.11 Å². The molecule has 2 heterocycles. The highest BCUT2D eigenvalue weighted by Gasteiger charge is 2.21. The van der Waals surface area contributed by atoms with E-state index in [1.54, 1.807) is 0 Å². The summed E-state index contributed by atoms with van der Waals surface area (Å²) in [5.74, 6) is 1.45. The molecule has 1 aromatic rings. The highest BCUT2D eigenvalue weighted by atomic mass is 16.3. The Labute approximate surface area is 108 Å². The second-order valence-corrected chi connectivity index (χ2v) is 5.54. The van der Waals surface area contributed by atoms with Crippen LogP contribution in [0.1, 0.15) is 50.0 Å². The maximum Gasteiger partial charge on any atom is 0.225 e. The molecule has 0 radical (unpaired) electrons. The number of hydrogen-bond donors (Lipinski definition) is 1. The first-order valence-electron chi connectivity index (χ1n) is 7.08. The van der Waals surface area contributed by atoms with Gasteiger partial charge in [0.25, 0.3) is 0 Å². The fourth-order valence-corrected chi connectivity index (χ4v) is 3.10. The first-order valence-corrected chi connectivity index (χ1v) is 7.08. The number of anilines is 1. The summed E-state index contributed by atoms with van der Waals surface area (Å²) < 4.78 is 0. The number of nitrogens with zero attached hydrogens (tertiary/aromatic N) is 3. The van der Waals surface area contributed by atoms with Crippen LogP contribution in [0.5, 0.6) is 0 Å². The predicted octanol–water partition coefficient (Wildman–Crippen LogP) is 2.10. The van der Waals surface area contributed by atoms with Crippen molar-refractivity contribution in [1.82, 2.24) is 9.97 Å². The SMILES string of the molecule is OC1CCCN(c2ncc(C3CCCC3)cn2)C1. The van der Waals surface area contributed by atoms with Crippen LogP contribution in [-0.2, 0) is 0 Å². The normalized spacial score (nSPS) is 25.6. The summed E-state index contributed by atoms with van der Waals surface area (Å²) >= 11 is 0. The van der Waals surface area contributed by atoms with E-state index in [2.05, 4.69) is 14.9 Å². The molecule has 98 valence electrons. The van der Waals surface area contributed by atoms with E-state index in [4.69, 9.17) is 0 Å². The molecular formula is C14H21N3O. The Hall–Kier alpha value is -1.16. The lowest BCUT2D eigenvalue weighted by atomic mass is 10.0. The average molecular weight is 247 g/mol. The van der Waals surface area contributed by atoms with Gasteiger partial charge in [0.1, 0.15) is 0 Å². The van der Waals surface area contributed by atoms with Crippen molar-refractivity contribution in [2.24, 2.45) is 0 Å². The lowest BCUT2D eigenvalue weighted by Gasteiger charge is -2.30. The van der Waals surface area contributed by atoms with Crippen LogP contribution in [0, 0.1) is 0 Å². The highest BCUT2D eigenvalue weighted by Crippen LogP contribution is 2.33. The second kappa shape index (κ2) is 5.22. The maximum atomic E-state index is 9.67. The van der Waals surface area contributed by atoms with Gasteiger partial charge >= 0.3 is 0 Å². The minimum Gasteiger partial charge on any atom is -0.391 e. The summed E-state index contributed by atoms with van der Waals surface area (Å²) in [7, 11) is 0. The van der Waals surface area contributed by atoms with Crippen molar-refractivity contribution in [3.05, 3.63) is 18.0 Å². The van der Waals surface area contributed by atoms with E-state index in [0.29, 0.717) is 12.5 Å². The number of aliphatic hydroxyl groups is 1. The summed E-state index contributed by atoms with van der Waals surface area (Å²) in [6, 6.07) is 0. The molecule has 1 N–H and O–H groups in total. The number of β-amino-alcohol motifs (C(OH)–C–C–N with tert-alkyl or cyclic N) is 1. The molecule has 0 aromatic carbocycles. The molecule has 0 spiro atoms. The number of hydrogen-bond acceptors (Lipinski definition) is 4. The van der Waals surface area contributed by atoms with Crippen LogP contribution in [0.3, 0.4) is 0 Å². The van der Waals surface area contributed by atoms with E-state index < -0.39 is 0 Å². The number of piperidine rings is 1. The second-order valence-electron chi connectivity index (χ2n) is 5.54. The zero-order valence-electron chi connectivity index (χ0n) is 10.8. The summed E-state index contributed by atoms with van der Waals surface area (Å²) in [6.45, 7) is 1.63. The van der Waals surface area contributed by atoms with Crippen LogP contribution in [0.15, 0.2) is 12.4 Å². The smallest absolute Gasteiger partial charge is 0.225 e. The first-order chi connectivity index (χ1) is 8.83. The molecule has 4 heteroatoms. The standard InChI is InChI=1S/C14H21N3O/c18-13-6-3-7-17(10-13)14-15-8-12(9-16-14)11-4-1-2-5-11/h8-9,11,13,18H,1-7,10H2. The Morgan fingerprint density at radius 3 is 2.44 bits per heavy atom. The molecule has 1 aliphatic heterocycles. The Morgan fingerprint density at radius 1 is 1.06 bits per heavy atom. The summed E-state index contributed by atoms with van der Waals surface area (Å²) in [5.41, 5.74) is 1.29. The molecule has 2 aliphatic rings. The van der Waals surface area contributed by atoms with Crippen molar-refractivity contribution in [3.8, 4) is 0 Å². The van der Waals surface area contributed by atoms with Crippen LogP contribution in [-0.4, -0.2) is 34.3 Å². The number of aromatic nitrogens is 2. The van der Waals surface area contributed by atoms with Crippen molar-refractivity contribution >= 4 is 5.95 Å². The molecule has 2 fully saturated rings. The van der Waals surface area contributed by atoms with Crippen LogP contribution < -0.4 is 4.90 Å². The minimum absolute atomic E-state index is 0.225. The Bertz CT molecular complexity index is 387. The topological polar surface area (TPSA) is 49.2 Å². The van der Waals surface area contributed by atoms with Crippen molar-refractivity contribution in [2.75, 3.05) is 18.0 Å². The van der Waals surface area contributed by atoms with Crippen molar-refractivity contribution in [3.63, 3.8) is 0 Å². The van der Waals surface area contributed by atoms with E-state index in [1.165, 1.54) is 31.2 Å². The van der Waals surface area contributed by atoms with Gasteiger partial charge in [-0.1, -0.05) is 12.8 Å². The lowest BCUT2D eigenvalue weighted by molar-refractivity contribution is 0.153. The monoisotopic (exact) mass is 247 g/mol. The molecule has 1 aliphatic carbocycles. The van der Waals surface area contributed by atoms with Crippen molar-refractivity contribution < 1.29 is 5.11 Å². The van der Waals surface area contributed by atoms with E-state index in [0.717, 1.165) is 25.3 Å². The summed E-state index contributed by atoms with van der Waals surface area (Å²) in [6.07, 6.45) is 10.9. The zero-order chi connectivity index (χ0) is 12.4. The fraction of sp³-hybridized carbons (Fsp3) is 0.714. The lowest BCUT2D eigenvalue weighted by Crippen LogP contribution is -2.39. The van der Waals surface area contributed by atoms with Gasteiger partial charge in [-0.3, -0.25) is 0 Å². The number of rotatable bonds is 2. The molecule has 1 saturated heterocycles. The Kier molecular flexibility index (Phi) is 3.46. The third kappa shape index (κ3) is 2.48. The first kappa shape index (κ1) is 11.9. The van der Waals surface area contributed by atoms with Gasteiger partial charge in [0, 0.05) is 25.5 Å². The van der Waals surface area contributed by atoms with E-state index in [1.807, 2.05) is 12.4 Å². The van der Waals surface area contributed by atoms with Crippen LogP contribution in [0.25, 0.3) is 0 Å². The van der Waals surface area contributed by atoms with E-state index in [-0.39, 0.29) is 6.10 Å². The Morgan fingerprint density at radius 2 is 1.78 bits per heavy atom. The fourth-order valence-electron chi connectivity index (χ4n) is 3.10. The van der Waals surface area contributed by atoms with E-state index >= 15 is 0 Å². The summed E-state index contributed by atoms with van der Waals surface area (Å²) in [5, 5.41) is 9.67. The minimum atomic E-state index is -0.225. The molecule has 1 unspecified atom stereocenters. The largest absolute Gasteiger partial charge is 0.391 e. The third-order valence-electron chi connectivity index (χ3n) is 4.16. The van der Waals surface area contributed by atoms with Gasteiger partial charge in [-0.2, -0.15) is 0 Å². The van der Waals surface area contributed by atoms with Gasteiger partial charge in [0.05, 0.1) is 6.10 Å². The van der Waals surface area contributed by atoms with Gasteiger partial charge < -0.3 is 10.0 Å². The molecule has 4 nitrogen and oxygen atoms in total. The van der Waals surface area contributed by atoms with Gasteiger partial charge in [-0.05, 0) is 37.2 Å². The molecule has 18 heavy (non-hydrogen) atoms. The highest BCUT2D eigenvalue weighted by molar-refractivity contribution is 5.31. The summed E-state index contributed by atoms with van der Waals surface area (Å²) in [4.78, 5) is 11.1. The van der Waals surface area contributed by atoms with Gasteiger partial charge in [-0.15, -0.1) is 0 Å². The quantitative estimate of drug-likeness (QED) is 0.869. The van der Waals surface area contributed by atoms with Crippen LogP contribution in [0.2, 0.25) is 0 Å². The molecule has 1 atom stereocenters. The third-order valence-corrected chi connectivity index (χ3v) is 4.16. The zero-order valence-corrected chi connectivity index (χ0v) is 10.8. The van der Waals surface area contributed by atoms with Gasteiger partial charge in [0.15, 0.2) is 0 Å². The maximum absolute atomic E-state index is 9.67. The molecular weight excluding hydrogens is 226 g/mol. The predicted molar refractivity (Wildman–Crippen MR) is 70.7 cm³/mol. The molecule has 1 saturated carbocycles. The van der Waals surface area contributed by atoms with Crippen LogP contribution in [0.4, 0.5) is 5.95 Å². The molecule has 0 amide bonds. The molecule has 0 bridgehead atoms. The van der Waals surface area contributed by atoms with Gasteiger partial charge in [0.2, 0.25) is 5.95 Å². The average Bonchev–Trinajstić information content (AvgIpc) is 2.93. The molecule has 1 aromatic heterocycles. The van der Waals surface area contributed by atoms with Crippen molar-refractivity contribution in [2.45, 2.75) is 50.5 Å². The molecule has 3 rings (SSSR count). The van der Waals surface area contributed by atoms with Crippen LogP contribution >= 0.6 is 0 Å². The Balaban J connectivity index is 1.70. The van der Waals surface area contributed by atoms with Crippen molar-refractivity contribution in [1.29, 1.82) is 0 Å². The number of aliphatic hydroxyl groups excluding tert-OH is 1.